The van der Waals surface area contributed by atoms with Gasteiger partial charge in [-0.1, -0.05) is 6.42 Å². The molecule has 3 heterocycles. The highest BCUT2D eigenvalue weighted by Crippen LogP contribution is 2.35. The molecule has 0 aromatic rings. The van der Waals surface area contributed by atoms with Gasteiger partial charge in [-0.15, -0.1) is 0 Å². The number of rotatable bonds is 2. The summed E-state index contributed by atoms with van der Waals surface area (Å²) in [6, 6.07) is 1.89. The second kappa shape index (κ2) is 6.30. The van der Waals surface area contributed by atoms with Crippen molar-refractivity contribution in [2.24, 2.45) is 0 Å². The Bertz CT molecular complexity index is 302. The van der Waals surface area contributed by atoms with E-state index >= 15 is 0 Å². The van der Waals surface area contributed by atoms with Gasteiger partial charge in [0.2, 0.25) is 0 Å². The van der Waals surface area contributed by atoms with Gasteiger partial charge in [0.05, 0.1) is 5.60 Å². The van der Waals surface area contributed by atoms with Crippen LogP contribution in [0.3, 0.4) is 0 Å². The first kappa shape index (κ1) is 14.8. The molecular weight excluding hydrogens is 252 g/mol. The highest BCUT2D eigenvalue weighted by molar-refractivity contribution is 4.92. The predicted molar refractivity (Wildman–Crippen MR) is 79.5 cm³/mol. The van der Waals surface area contributed by atoms with E-state index in [2.05, 4.69) is 24.3 Å². The van der Waals surface area contributed by atoms with Crippen LogP contribution in [0.2, 0.25) is 0 Å². The van der Waals surface area contributed by atoms with Crippen molar-refractivity contribution in [2.45, 2.75) is 82.5 Å². The van der Waals surface area contributed by atoms with E-state index in [1.165, 1.54) is 19.3 Å². The molecule has 0 radical (unpaired) electrons. The number of hydrazine groups is 1. The van der Waals surface area contributed by atoms with E-state index in [4.69, 9.17) is 9.47 Å². The van der Waals surface area contributed by atoms with E-state index in [-0.39, 0.29) is 5.60 Å². The third-order valence-corrected chi connectivity index (χ3v) is 5.42. The van der Waals surface area contributed by atoms with Gasteiger partial charge >= 0.3 is 0 Å². The highest BCUT2D eigenvalue weighted by atomic mass is 16.5. The Morgan fingerprint density at radius 1 is 1.00 bits per heavy atom. The third kappa shape index (κ3) is 3.19. The molecular formula is C16H30N2O2. The van der Waals surface area contributed by atoms with Crippen LogP contribution in [0.15, 0.2) is 0 Å². The maximum atomic E-state index is 6.14. The van der Waals surface area contributed by atoms with Crippen molar-refractivity contribution in [3.8, 4) is 0 Å². The van der Waals surface area contributed by atoms with Crippen LogP contribution in [0.1, 0.15) is 58.8 Å². The van der Waals surface area contributed by atoms with Crippen LogP contribution in [-0.2, 0) is 9.47 Å². The van der Waals surface area contributed by atoms with Crippen molar-refractivity contribution < 1.29 is 9.47 Å². The topological polar surface area (TPSA) is 33.7 Å². The zero-order valence-corrected chi connectivity index (χ0v) is 13.1. The lowest BCUT2D eigenvalue weighted by Crippen LogP contribution is -2.59. The summed E-state index contributed by atoms with van der Waals surface area (Å²) in [6.07, 6.45) is 8.42. The molecule has 3 unspecified atom stereocenters. The number of piperidine rings is 1. The van der Waals surface area contributed by atoms with Crippen LogP contribution >= 0.6 is 0 Å². The van der Waals surface area contributed by atoms with Crippen molar-refractivity contribution in [3.05, 3.63) is 0 Å². The van der Waals surface area contributed by atoms with Crippen molar-refractivity contribution in [3.63, 3.8) is 0 Å². The number of nitrogens with one attached hydrogen (secondary N) is 1. The Balaban J connectivity index is 1.59. The molecule has 3 aliphatic heterocycles. The maximum absolute atomic E-state index is 6.14. The lowest BCUT2D eigenvalue weighted by molar-refractivity contribution is -0.148. The average Bonchev–Trinajstić information content (AvgIpc) is 2.44. The second-order valence-corrected chi connectivity index (χ2v) is 7.00. The number of ether oxygens (including phenoxy) is 2. The molecule has 3 fully saturated rings. The van der Waals surface area contributed by atoms with E-state index in [0.29, 0.717) is 18.1 Å². The van der Waals surface area contributed by atoms with Gasteiger partial charge in [0, 0.05) is 37.9 Å². The highest BCUT2D eigenvalue weighted by Gasteiger charge is 2.40. The number of nitrogens with zero attached hydrogens (tertiary/aromatic N) is 1. The summed E-state index contributed by atoms with van der Waals surface area (Å²) in [6.45, 7) is 7.33. The molecule has 3 rings (SSSR count). The maximum Gasteiger partial charge on any atom is 0.0741 e. The van der Waals surface area contributed by atoms with Gasteiger partial charge in [0.25, 0.3) is 0 Å². The van der Waals surface area contributed by atoms with Crippen LogP contribution in [0, 0.1) is 0 Å². The minimum Gasteiger partial charge on any atom is -0.381 e. The summed E-state index contributed by atoms with van der Waals surface area (Å²) in [5.41, 5.74) is 3.94. The molecule has 116 valence electrons. The molecule has 0 amide bonds. The summed E-state index contributed by atoms with van der Waals surface area (Å²) in [7, 11) is 0. The first-order chi connectivity index (χ1) is 9.69. The quantitative estimate of drug-likeness (QED) is 0.843. The van der Waals surface area contributed by atoms with Crippen molar-refractivity contribution in [1.29, 1.82) is 0 Å². The van der Waals surface area contributed by atoms with Gasteiger partial charge in [-0.25, -0.2) is 5.01 Å². The first-order valence-corrected chi connectivity index (χ1v) is 8.45. The Labute approximate surface area is 123 Å². The van der Waals surface area contributed by atoms with E-state index in [0.717, 1.165) is 45.5 Å². The Morgan fingerprint density at radius 3 is 2.40 bits per heavy atom. The van der Waals surface area contributed by atoms with E-state index in [1.807, 2.05) is 0 Å². The number of hydrogen-bond acceptors (Lipinski definition) is 4. The zero-order valence-electron chi connectivity index (χ0n) is 13.1. The smallest absolute Gasteiger partial charge is 0.0741 e. The van der Waals surface area contributed by atoms with Crippen LogP contribution < -0.4 is 5.43 Å². The Hall–Kier alpha value is -0.160. The average molecular weight is 282 g/mol. The minimum atomic E-state index is 0.0937. The van der Waals surface area contributed by atoms with Gasteiger partial charge in [-0.2, -0.15) is 0 Å². The summed E-state index contributed by atoms with van der Waals surface area (Å²) < 4.78 is 11.6. The molecule has 3 saturated heterocycles. The standard InChI is InChI=1S/C16H30N2O2/c1-13-4-3-5-14(2)18(13)17-15-6-9-20-16(12-15)7-10-19-11-8-16/h13-15,17H,3-12H2,1-2H3. The number of hydrogen-bond donors (Lipinski definition) is 1. The predicted octanol–water partition coefficient (Wildman–Crippen LogP) is 2.48. The van der Waals surface area contributed by atoms with Crippen molar-refractivity contribution in [2.75, 3.05) is 19.8 Å². The molecule has 0 bridgehead atoms. The fourth-order valence-corrected chi connectivity index (χ4v) is 4.12. The monoisotopic (exact) mass is 282 g/mol. The lowest BCUT2D eigenvalue weighted by Gasteiger charge is -2.47. The van der Waals surface area contributed by atoms with Crippen molar-refractivity contribution >= 4 is 0 Å². The lowest BCUT2D eigenvalue weighted by atomic mass is 9.84. The molecule has 0 aromatic carbocycles. The van der Waals surface area contributed by atoms with Crippen molar-refractivity contribution in [1.82, 2.24) is 10.4 Å². The summed E-state index contributed by atoms with van der Waals surface area (Å²) in [4.78, 5) is 0. The molecule has 1 spiro atoms. The fraction of sp³-hybridized carbons (Fsp3) is 1.00. The third-order valence-electron chi connectivity index (χ3n) is 5.42. The van der Waals surface area contributed by atoms with Crippen LogP contribution in [0.25, 0.3) is 0 Å². The van der Waals surface area contributed by atoms with Gasteiger partial charge in [0.1, 0.15) is 0 Å². The van der Waals surface area contributed by atoms with E-state index in [1.54, 1.807) is 0 Å². The molecule has 4 heteroatoms. The Kier molecular flexibility index (Phi) is 4.65. The van der Waals surface area contributed by atoms with Gasteiger partial charge in [-0.05, 0) is 52.4 Å². The summed E-state index contributed by atoms with van der Waals surface area (Å²) >= 11 is 0. The second-order valence-electron chi connectivity index (χ2n) is 7.00. The normalized spacial score (nSPS) is 39.0. The largest absolute Gasteiger partial charge is 0.381 e. The SMILES string of the molecule is CC1CCCC(C)N1NC1CCOC2(CCOCC2)C1. The molecule has 0 saturated carbocycles. The fourth-order valence-electron chi connectivity index (χ4n) is 4.12. The molecule has 0 aromatic heterocycles. The van der Waals surface area contributed by atoms with E-state index < -0.39 is 0 Å². The van der Waals surface area contributed by atoms with Gasteiger partial charge < -0.3 is 9.47 Å². The molecule has 1 N–H and O–H groups in total. The molecule has 0 aliphatic carbocycles. The van der Waals surface area contributed by atoms with E-state index in [9.17, 15) is 0 Å². The van der Waals surface area contributed by atoms with Gasteiger partial charge in [-0.3, -0.25) is 5.43 Å². The summed E-state index contributed by atoms with van der Waals surface area (Å²) in [5, 5.41) is 2.52. The van der Waals surface area contributed by atoms with Crippen LogP contribution in [-0.4, -0.2) is 48.6 Å². The minimum absolute atomic E-state index is 0.0937. The molecule has 3 atom stereocenters. The molecule has 20 heavy (non-hydrogen) atoms. The zero-order chi connectivity index (χ0) is 14.0. The molecule has 4 nitrogen and oxygen atoms in total. The molecule has 3 aliphatic rings. The first-order valence-electron chi connectivity index (χ1n) is 8.45. The Morgan fingerprint density at radius 2 is 1.70 bits per heavy atom. The summed E-state index contributed by atoms with van der Waals surface area (Å²) in [5.74, 6) is 0. The van der Waals surface area contributed by atoms with Gasteiger partial charge in [0.15, 0.2) is 0 Å². The van der Waals surface area contributed by atoms with Crippen LogP contribution in [0.4, 0.5) is 0 Å². The van der Waals surface area contributed by atoms with Crippen LogP contribution in [0.5, 0.6) is 0 Å².